The lowest BCUT2D eigenvalue weighted by molar-refractivity contribution is -0.154. The van der Waals surface area contributed by atoms with Gasteiger partial charge in [-0.15, -0.1) is 0 Å². The van der Waals surface area contributed by atoms with E-state index in [0.29, 0.717) is 17.3 Å². The molecule has 2 aromatic carbocycles. The summed E-state index contributed by atoms with van der Waals surface area (Å²) in [6, 6.07) is 6.82. The van der Waals surface area contributed by atoms with Gasteiger partial charge in [-0.2, -0.15) is 0 Å². The summed E-state index contributed by atoms with van der Waals surface area (Å²) in [6.07, 6.45) is 1.16. The summed E-state index contributed by atoms with van der Waals surface area (Å²) in [5.74, 6) is -2.68. The van der Waals surface area contributed by atoms with E-state index in [4.69, 9.17) is 21.2 Å². The van der Waals surface area contributed by atoms with Gasteiger partial charge in [-0.25, -0.2) is 18.8 Å². The molecule has 3 aromatic rings. The molecule has 12 heteroatoms. The van der Waals surface area contributed by atoms with E-state index in [1.54, 1.807) is 19.1 Å². The highest BCUT2D eigenvalue weighted by molar-refractivity contribution is 6.31. The first kappa shape index (κ1) is 24.3. The van der Waals surface area contributed by atoms with Crippen LogP contribution in [0.5, 0.6) is 5.88 Å². The Morgan fingerprint density at radius 2 is 2.03 bits per heavy atom. The molecule has 35 heavy (non-hydrogen) atoms. The zero-order valence-electron chi connectivity index (χ0n) is 18.5. The van der Waals surface area contributed by atoms with E-state index in [1.165, 1.54) is 19.2 Å². The molecule has 0 aliphatic carbocycles. The summed E-state index contributed by atoms with van der Waals surface area (Å²) in [7, 11) is 1.45. The average molecular weight is 505 g/mol. The molecule has 2 amide bonds. The summed E-state index contributed by atoms with van der Waals surface area (Å²) in [5, 5.41) is 3.28. The molecule has 9 nitrogen and oxygen atoms in total. The molecule has 1 unspecified atom stereocenters. The van der Waals surface area contributed by atoms with Crippen molar-refractivity contribution in [2.45, 2.75) is 19.6 Å². The van der Waals surface area contributed by atoms with Crippen molar-refractivity contribution in [3.8, 4) is 11.6 Å². The molecule has 0 bridgehead atoms. The summed E-state index contributed by atoms with van der Waals surface area (Å²) in [6.45, 7) is 1.42. The van der Waals surface area contributed by atoms with Gasteiger partial charge in [0.25, 0.3) is 17.4 Å². The van der Waals surface area contributed by atoms with Crippen molar-refractivity contribution in [2.75, 3.05) is 13.7 Å². The first-order valence-corrected chi connectivity index (χ1v) is 10.7. The Bertz CT molecular complexity index is 1380. The number of amides is 2. The average Bonchev–Trinajstić information content (AvgIpc) is 3.13. The first-order valence-electron chi connectivity index (χ1n) is 10.3. The number of likely N-dealkylation sites (N-methyl/N-ethyl adjacent to an activating group) is 1. The predicted octanol–water partition coefficient (Wildman–Crippen LogP) is 2.55. The minimum Gasteiger partial charge on any atom is -0.471 e. The van der Waals surface area contributed by atoms with Gasteiger partial charge in [0, 0.05) is 24.2 Å². The number of aromatic nitrogens is 2. The maximum absolute atomic E-state index is 13.8. The minimum atomic E-state index is -0.821. The zero-order chi connectivity index (χ0) is 25.3. The number of rotatable bonds is 6. The number of hydrogen-bond acceptors (Lipinski definition) is 6. The van der Waals surface area contributed by atoms with Crippen LogP contribution in [0, 0.1) is 18.6 Å². The molecule has 1 N–H and O–H groups in total. The van der Waals surface area contributed by atoms with E-state index in [2.05, 4.69) is 10.3 Å². The molecule has 0 radical (unpaired) electrons. The number of carbonyl (C=O) groups excluding carboxylic acids is 2. The van der Waals surface area contributed by atoms with Crippen molar-refractivity contribution in [2.24, 2.45) is 0 Å². The van der Waals surface area contributed by atoms with Crippen LogP contribution in [0.25, 0.3) is 5.69 Å². The van der Waals surface area contributed by atoms with Gasteiger partial charge in [0.2, 0.25) is 5.88 Å². The number of nitrogens with zero attached hydrogens (tertiary/aromatic N) is 3. The van der Waals surface area contributed by atoms with E-state index in [1.807, 2.05) is 0 Å². The summed E-state index contributed by atoms with van der Waals surface area (Å²) < 4.78 is 33.4. The Labute approximate surface area is 202 Å². The van der Waals surface area contributed by atoms with Gasteiger partial charge in [-0.3, -0.25) is 23.8 Å². The second-order valence-corrected chi connectivity index (χ2v) is 8.10. The molecule has 182 valence electrons. The third kappa shape index (κ3) is 5.00. The lowest BCUT2D eigenvalue weighted by Gasteiger charge is -2.14. The quantitative estimate of drug-likeness (QED) is 0.553. The minimum absolute atomic E-state index is 0.0159. The smallest absolute Gasteiger partial charge is 0.280 e. The summed E-state index contributed by atoms with van der Waals surface area (Å²) in [4.78, 5) is 46.7. The number of nitrogens with one attached hydrogen (secondary N) is 1. The Kier molecular flexibility index (Phi) is 6.81. The highest BCUT2D eigenvalue weighted by Crippen LogP contribution is 2.22. The number of carbonyl (C=O) groups is 2. The molecule has 1 fully saturated rings. The summed E-state index contributed by atoms with van der Waals surface area (Å²) in [5.41, 5.74) is 0.546. The largest absolute Gasteiger partial charge is 0.471 e. The van der Waals surface area contributed by atoms with Crippen LogP contribution in [-0.4, -0.2) is 46.1 Å². The van der Waals surface area contributed by atoms with Crippen molar-refractivity contribution in [1.82, 2.24) is 19.9 Å². The zero-order valence-corrected chi connectivity index (χ0v) is 19.3. The first-order chi connectivity index (χ1) is 16.7. The molecule has 1 aliphatic rings. The molecule has 0 saturated carbocycles. The third-order valence-electron chi connectivity index (χ3n) is 5.34. The van der Waals surface area contributed by atoms with Crippen molar-refractivity contribution in [1.29, 1.82) is 0 Å². The number of benzene rings is 2. The Hall–Kier alpha value is -3.83. The van der Waals surface area contributed by atoms with Crippen LogP contribution in [0.4, 0.5) is 8.78 Å². The van der Waals surface area contributed by atoms with Crippen molar-refractivity contribution in [3.05, 3.63) is 86.4 Å². The fourth-order valence-electron chi connectivity index (χ4n) is 3.37. The highest BCUT2D eigenvalue weighted by atomic mass is 35.5. The Balaban J connectivity index is 1.56. The van der Waals surface area contributed by atoms with Crippen molar-refractivity contribution >= 4 is 23.4 Å². The molecular weight excluding hydrogens is 486 g/mol. The van der Waals surface area contributed by atoms with Crippen LogP contribution in [-0.2, 0) is 16.2 Å². The number of ether oxygens (including phenoxy) is 1. The number of hydrogen-bond donors (Lipinski definition) is 1. The van der Waals surface area contributed by atoms with Crippen LogP contribution in [0.15, 0.2) is 47.5 Å². The fraction of sp³-hybridized carbons (Fsp3) is 0.217. The topological polar surface area (TPSA) is 103 Å². The standard InChI is InChI=1S/C23H19ClF2N4O5/c1-12-3-4-13(20(31)28-17-10-35-29(2)22(17)32)7-18(12)30-11-27-21(19(24)23(30)33)34-9-14-5-6-15(25)8-16(14)26/h3-8,11,17H,9-10H2,1-2H3,(H,28,31). The maximum atomic E-state index is 13.8. The second-order valence-electron chi connectivity index (χ2n) is 7.72. The molecule has 1 aliphatic heterocycles. The van der Waals surface area contributed by atoms with Gasteiger partial charge in [0.1, 0.15) is 37.2 Å². The second kappa shape index (κ2) is 9.80. The number of halogens is 3. The van der Waals surface area contributed by atoms with Crippen LogP contribution < -0.4 is 15.6 Å². The molecule has 0 spiro atoms. The van der Waals surface area contributed by atoms with Crippen LogP contribution in [0.3, 0.4) is 0 Å². The van der Waals surface area contributed by atoms with Gasteiger partial charge in [-0.1, -0.05) is 17.7 Å². The molecular formula is C23H19ClF2N4O5. The molecule has 1 aromatic heterocycles. The van der Waals surface area contributed by atoms with Gasteiger partial charge >= 0.3 is 0 Å². The van der Waals surface area contributed by atoms with E-state index in [9.17, 15) is 23.2 Å². The van der Waals surface area contributed by atoms with Crippen LogP contribution >= 0.6 is 11.6 Å². The van der Waals surface area contributed by atoms with Crippen LogP contribution in [0.1, 0.15) is 21.5 Å². The maximum Gasteiger partial charge on any atom is 0.280 e. The van der Waals surface area contributed by atoms with E-state index >= 15 is 0 Å². The SMILES string of the molecule is Cc1ccc(C(=O)NC2CON(C)C2=O)cc1-n1cnc(OCc2ccc(F)cc2F)c(Cl)c1=O. The van der Waals surface area contributed by atoms with E-state index < -0.39 is 29.1 Å². The van der Waals surface area contributed by atoms with E-state index in [0.717, 1.165) is 22.0 Å². The normalized spacial score (nSPS) is 15.4. The van der Waals surface area contributed by atoms with Gasteiger partial charge in [0.05, 0.1) is 5.69 Å². The summed E-state index contributed by atoms with van der Waals surface area (Å²) >= 11 is 6.17. The number of aryl methyl sites for hydroxylation is 1. The van der Waals surface area contributed by atoms with Gasteiger partial charge in [-0.05, 0) is 36.8 Å². The van der Waals surface area contributed by atoms with Gasteiger partial charge < -0.3 is 10.1 Å². The molecule has 1 atom stereocenters. The predicted molar refractivity (Wildman–Crippen MR) is 120 cm³/mol. The van der Waals surface area contributed by atoms with Crippen molar-refractivity contribution < 1.29 is 27.9 Å². The molecule has 4 rings (SSSR count). The van der Waals surface area contributed by atoms with E-state index in [-0.39, 0.29) is 41.2 Å². The molecule has 1 saturated heterocycles. The lowest BCUT2D eigenvalue weighted by atomic mass is 10.1. The fourth-order valence-corrected chi connectivity index (χ4v) is 3.56. The monoisotopic (exact) mass is 504 g/mol. The Morgan fingerprint density at radius 1 is 1.26 bits per heavy atom. The highest BCUT2D eigenvalue weighted by Gasteiger charge is 2.32. The Morgan fingerprint density at radius 3 is 2.71 bits per heavy atom. The number of hydroxylamine groups is 2. The van der Waals surface area contributed by atoms with Crippen molar-refractivity contribution in [3.63, 3.8) is 0 Å². The van der Waals surface area contributed by atoms with Gasteiger partial charge in [0.15, 0.2) is 5.02 Å². The lowest BCUT2D eigenvalue weighted by Crippen LogP contribution is -2.42. The molecule has 2 heterocycles. The van der Waals surface area contributed by atoms with Crippen LogP contribution in [0.2, 0.25) is 5.02 Å². The third-order valence-corrected chi connectivity index (χ3v) is 5.67.